The Morgan fingerprint density at radius 2 is 1.83 bits per heavy atom. The molecular formula is C12H24N2O4. The predicted octanol–water partition coefficient (Wildman–Crippen LogP) is 1.77. The third kappa shape index (κ3) is 7.11. The van der Waals surface area contributed by atoms with Crippen LogP contribution in [0.2, 0.25) is 0 Å². The third-order valence-corrected chi connectivity index (χ3v) is 2.02. The van der Waals surface area contributed by atoms with Crippen LogP contribution in [0.1, 0.15) is 41.0 Å². The Morgan fingerprint density at radius 1 is 1.33 bits per heavy atom. The maximum absolute atomic E-state index is 11.7. The Kier molecular flexibility index (Phi) is 6.11. The zero-order chi connectivity index (χ0) is 14.5. The van der Waals surface area contributed by atoms with E-state index in [-0.39, 0.29) is 5.92 Å². The van der Waals surface area contributed by atoms with Crippen molar-refractivity contribution in [2.45, 2.75) is 52.7 Å². The van der Waals surface area contributed by atoms with Crippen LogP contribution in [0.3, 0.4) is 0 Å². The number of carbonyl (C=O) groups is 2. The van der Waals surface area contributed by atoms with Gasteiger partial charge in [-0.3, -0.25) is 10.0 Å². The summed E-state index contributed by atoms with van der Waals surface area (Å²) in [6, 6.07) is -0.783. The van der Waals surface area contributed by atoms with Crippen molar-refractivity contribution in [1.29, 1.82) is 0 Å². The molecular weight excluding hydrogens is 236 g/mol. The van der Waals surface area contributed by atoms with Crippen LogP contribution < -0.4 is 5.32 Å². The molecule has 1 atom stereocenters. The van der Waals surface area contributed by atoms with Gasteiger partial charge in [-0.2, -0.15) is 0 Å². The van der Waals surface area contributed by atoms with Crippen LogP contribution in [-0.4, -0.2) is 41.0 Å². The van der Waals surface area contributed by atoms with Gasteiger partial charge < -0.3 is 10.1 Å². The molecule has 0 rings (SSSR count). The van der Waals surface area contributed by atoms with Crippen LogP contribution in [0.5, 0.6) is 0 Å². The molecule has 6 nitrogen and oxygen atoms in total. The van der Waals surface area contributed by atoms with E-state index in [4.69, 9.17) is 9.94 Å². The van der Waals surface area contributed by atoms with Gasteiger partial charge in [0.25, 0.3) is 5.91 Å². The number of rotatable bonds is 4. The van der Waals surface area contributed by atoms with Gasteiger partial charge in [-0.25, -0.2) is 9.86 Å². The molecule has 2 amide bonds. The summed E-state index contributed by atoms with van der Waals surface area (Å²) >= 11 is 0. The molecule has 0 aromatic rings. The van der Waals surface area contributed by atoms with E-state index in [1.54, 1.807) is 20.8 Å². The molecule has 0 saturated heterocycles. The molecule has 0 aliphatic carbocycles. The van der Waals surface area contributed by atoms with Gasteiger partial charge in [0, 0.05) is 7.05 Å². The normalized spacial score (nSPS) is 13.1. The lowest BCUT2D eigenvalue weighted by Gasteiger charge is -2.25. The largest absolute Gasteiger partial charge is 0.444 e. The summed E-state index contributed by atoms with van der Waals surface area (Å²) < 4.78 is 5.08. The average Bonchev–Trinajstić information content (AvgIpc) is 2.11. The molecule has 0 saturated carbocycles. The highest BCUT2D eigenvalue weighted by Crippen LogP contribution is 2.10. The van der Waals surface area contributed by atoms with Crippen LogP contribution in [-0.2, 0) is 9.53 Å². The minimum atomic E-state index is -0.783. The highest BCUT2D eigenvalue weighted by atomic mass is 16.6. The first kappa shape index (κ1) is 16.7. The molecule has 106 valence electrons. The summed E-state index contributed by atoms with van der Waals surface area (Å²) in [5.74, 6) is -0.358. The molecule has 0 spiro atoms. The monoisotopic (exact) mass is 260 g/mol. The van der Waals surface area contributed by atoms with E-state index in [1.165, 1.54) is 7.05 Å². The van der Waals surface area contributed by atoms with Gasteiger partial charge in [-0.15, -0.1) is 0 Å². The number of hydroxylamine groups is 2. The van der Waals surface area contributed by atoms with Crippen molar-refractivity contribution in [1.82, 2.24) is 10.4 Å². The van der Waals surface area contributed by atoms with E-state index in [0.717, 1.165) is 0 Å². The minimum Gasteiger partial charge on any atom is -0.444 e. The third-order valence-electron chi connectivity index (χ3n) is 2.02. The van der Waals surface area contributed by atoms with Crippen molar-refractivity contribution in [3.63, 3.8) is 0 Å². The number of ether oxygens (including phenoxy) is 1. The maximum atomic E-state index is 11.7. The van der Waals surface area contributed by atoms with Gasteiger partial charge in [0.05, 0.1) is 0 Å². The molecule has 6 heteroatoms. The molecule has 0 heterocycles. The number of nitrogens with one attached hydrogen (secondary N) is 1. The van der Waals surface area contributed by atoms with Crippen LogP contribution in [0.25, 0.3) is 0 Å². The number of hydrogen-bond donors (Lipinski definition) is 2. The number of hydrogen-bond acceptors (Lipinski definition) is 4. The minimum absolute atomic E-state index is 0.203. The van der Waals surface area contributed by atoms with Crippen molar-refractivity contribution >= 4 is 12.0 Å². The lowest BCUT2D eigenvalue weighted by Crippen LogP contribution is -2.48. The number of likely N-dealkylation sites (N-methyl/N-ethyl adjacent to an activating group) is 1. The lowest BCUT2D eigenvalue weighted by atomic mass is 10.0. The molecule has 18 heavy (non-hydrogen) atoms. The SMILES string of the molecule is CC(C)CC(NC(=O)OC(C)(C)C)C(=O)N(C)O. The van der Waals surface area contributed by atoms with Gasteiger partial charge in [0.1, 0.15) is 11.6 Å². The second kappa shape index (κ2) is 6.58. The van der Waals surface area contributed by atoms with Gasteiger partial charge >= 0.3 is 6.09 Å². The first-order chi connectivity index (χ1) is 8.03. The molecule has 0 fully saturated rings. The van der Waals surface area contributed by atoms with Crippen LogP contribution >= 0.6 is 0 Å². The second-order valence-electron chi connectivity index (χ2n) is 5.69. The quantitative estimate of drug-likeness (QED) is 0.596. The molecule has 2 N–H and O–H groups in total. The summed E-state index contributed by atoms with van der Waals surface area (Å²) in [7, 11) is 1.23. The summed E-state index contributed by atoms with van der Waals surface area (Å²) in [5.41, 5.74) is -0.624. The Hall–Kier alpha value is -1.30. The fourth-order valence-electron chi connectivity index (χ4n) is 1.37. The topological polar surface area (TPSA) is 78.9 Å². The standard InChI is InChI=1S/C12H24N2O4/c1-8(2)7-9(10(15)14(6)17)13-11(16)18-12(3,4)5/h8-9,17H,7H2,1-6H3,(H,13,16). The highest BCUT2D eigenvalue weighted by Gasteiger charge is 2.26. The van der Waals surface area contributed by atoms with Crippen molar-refractivity contribution in [2.75, 3.05) is 7.05 Å². The van der Waals surface area contributed by atoms with Gasteiger partial charge in [0.2, 0.25) is 0 Å². The Bertz CT molecular complexity index is 295. The summed E-state index contributed by atoms with van der Waals surface area (Å²) in [6.07, 6.45) is -0.230. The van der Waals surface area contributed by atoms with Gasteiger partial charge in [-0.05, 0) is 33.1 Å². The fraction of sp³-hybridized carbons (Fsp3) is 0.833. The van der Waals surface area contributed by atoms with E-state index in [9.17, 15) is 9.59 Å². The fourth-order valence-corrected chi connectivity index (χ4v) is 1.37. The Morgan fingerprint density at radius 3 is 2.17 bits per heavy atom. The van der Waals surface area contributed by atoms with E-state index in [2.05, 4.69) is 5.32 Å². The van der Waals surface area contributed by atoms with Crippen molar-refractivity contribution in [2.24, 2.45) is 5.92 Å². The molecule has 0 aromatic heterocycles. The molecule has 0 aliphatic heterocycles. The smallest absolute Gasteiger partial charge is 0.408 e. The highest BCUT2D eigenvalue weighted by molar-refractivity contribution is 5.84. The summed E-state index contributed by atoms with van der Waals surface area (Å²) in [6.45, 7) is 9.07. The molecule has 0 bridgehead atoms. The van der Waals surface area contributed by atoms with Gasteiger partial charge in [0.15, 0.2) is 0 Å². The molecule has 1 unspecified atom stereocenters. The second-order valence-corrected chi connectivity index (χ2v) is 5.69. The van der Waals surface area contributed by atoms with Gasteiger partial charge in [-0.1, -0.05) is 13.8 Å². The molecule has 0 aliphatic rings. The summed E-state index contributed by atoms with van der Waals surface area (Å²) in [5, 5.41) is 12.1. The van der Waals surface area contributed by atoms with Crippen molar-refractivity contribution < 1.29 is 19.5 Å². The van der Waals surface area contributed by atoms with Crippen molar-refractivity contribution in [3.05, 3.63) is 0 Å². The number of alkyl carbamates (subject to hydrolysis) is 1. The van der Waals surface area contributed by atoms with Crippen LogP contribution in [0.15, 0.2) is 0 Å². The first-order valence-corrected chi connectivity index (χ1v) is 5.99. The molecule has 0 radical (unpaired) electrons. The van der Waals surface area contributed by atoms with E-state index in [0.29, 0.717) is 11.5 Å². The number of amides is 2. The zero-order valence-electron chi connectivity index (χ0n) is 12.0. The van der Waals surface area contributed by atoms with E-state index >= 15 is 0 Å². The van der Waals surface area contributed by atoms with Crippen LogP contribution in [0, 0.1) is 5.92 Å². The maximum Gasteiger partial charge on any atom is 0.408 e. The summed E-state index contributed by atoms with van der Waals surface area (Å²) in [4.78, 5) is 23.3. The van der Waals surface area contributed by atoms with E-state index in [1.807, 2.05) is 13.8 Å². The first-order valence-electron chi connectivity index (χ1n) is 5.99. The molecule has 0 aromatic carbocycles. The zero-order valence-corrected chi connectivity index (χ0v) is 12.0. The van der Waals surface area contributed by atoms with Crippen molar-refractivity contribution in [3.8, 4) is 0 Å². The predicted molar refractivity (Wildman–Crippen MR) is 67.2 cm³/mol. The Balaban J connectivity index is 4.60. The Labute approximate surface area is 108 Å². The number of carbonyl (C=O) groups excluding carboxylic acids is 2. The van der Waals surface area contributed by atoms with E-state index < -0.39 is 23.6 Å². The lowest BCUT2D eigenvalue weighted by molar-refractivity contribution is -0.162. The number of nitrogens with zero attached hydrogens (tertiary/aromatic N) is 1. The average molecular weight is 260 g/mol. The van der Waals surface area contributed by atoms with Crippen LogP contribution in [0.4, 0.5) is 4.79 Å².